The van der Waals surface area contributed by atoms with Gasteiger partial charge in [0.05, 0.1) is 13.2 Å². The minimum absolute atomic E-state index is 0. The first-order chi connectivity index (χ1) is 3.00. The Balaban J connectivity index is 0.000000360. The fourth-order valence-electron chi connectivity index (χ4n) is 0.279. The molecule has 1 fully saturated rings. The van der Waals surface area contributed by atoms with Gasteiger partial charge in [-0.25, -0.2) is 9.78 Å². The molecule has 1 saturated heterocycles. The van der Waals surface area contributed by atoms with Gasteiger partial charge < -0.3 is 0 Å². The summed E-state index contributed by atoms with van der Waals surface area (Å²) in [5.41, 5.74) is 0. The van der Waals surface area contributed by atoms with Crippen molar-refractivity contribution in [3.8, 4) is 0 Å². The van der Waals surface area contributed by atoms with Crippen LogP contribution in [-0.4, -0.2) is 13.2 Å². The molecule has 1 aliphatic heterocycles. The SMILES string of the molecule is C1COOOC1.I. The second-order valence-electron chi connectivity index (χ2n) is 1.07. The minimum Gasteiger partial charge on any atom is -0.206 e. The van der Waals surface area contributed by atoms with Gasteiger partial charge in [-0.2, -0.15) is 0 Å². The van der Waals surface area contributed by atoms with Crippen LogP contribution in [0.15, 0.2) is 0 Å². The Morgan fingerprint density at radius 1 is 1.00 bits per heavy atom. The van der Waals surface area contributed by atoms with Crippen LogP contribution in [0, 0.1) is 0 Å². The van der Waals surface area contributed by atoms with Crippen LogP contribution < -0.4 is 0 Å². The van der Waals surface area contributed by atoms with E-state index in [9.17, 15) is 0 Å². The number of halogens is 1. The zero-order valence-electron chi connectivity index (χ0n) is 3.75. The highest BCUT2D eigenvalue weighted by molar-refractivity contribution is 14.0. The molecule has 0 unspecified atom stereocenters. The lowest BCUT2D eigenvalue weighted by molar-refractivity contribution is -0.532. The first-order valence-corrected chi connectivity index (χ1v) is 1.91. The van der Waals surface area contributed by atoms with E-state index >= 15 is 0 Å². The molecule has 0 aromatic rings. The molecular formula is C3H7IO3. The van der Waals surface area contributed by atoms with Crippen LogP contribution >= 0.6 is 24.0 Å². The van der Waals surface area contributed by atoms with Crippen LogP contribution in [0.3, 0.4) is 0 Å². The Hall–Kier alpha value is 0.610. The van der Waals surface area contributed by atoms with E-state index < -0.39 is 0 Å². The molecule has 0 saturated carbocycles. The maximum Gasteiger partial charge on any atom is 0.0877 e. The summed E-state index contributed by atoms with van der Waals surface area (Å²) in [4.78, 5) is 8.69. The van der Waals surface area contributed by atoms with Crippen LogP contribution in [-0.2, 0) is 14.8 Å². The maximum absolute atomic E-state index is 4.35. The Bertz CT molecular complexity index is 25.7. The average molecular weight is 218 g/mol. The molecule has 0 aliphatic carbocycles. The molecule has 0 atom stereocenters. The normalized spacial score (nSPS) is 20.6. The highest BCUT2D eigenvalue weighted by atomic mass is 127. The second-order valence-corrected chi connectivity index (χ2v) is 1.07. The van der Waals surface area contributed by atoms with Gasteiger partial charge in [0, 0.05) is 6.42 Å². The van der Waals surface area contributed by atoms with Crippen molar-refractivity contribution < 1.29 is 14.8 Å². The van der Waals surface area contributed by atoms with E-state index in [1.165, 1.54) is 0 Å². The van der Waals surface area contributed by atoms with E-state index in [4.69, 9.17) is 0 Å². The Labute approximate surface area is 58.8 Å². The maximum atomic E-state index is 4.35. The molecule has 7 heavy (non-hydrogen) atoms. The summed E-state index contributed by atoms with van der Waals surface area (Å²) in [5, 5.41) is 4.07. The number of hydrogen-bond acceptors (Lipinski definition) is 3. The number of hydrogen-bond donors (Lipinski definition) is 0. The van der Waals surface area contributed by atoms with Gasteiger partial charge in [0.1, 0.15) is 0 Å². The van der Waals surface area contributed by atoms with E-state index in [1.54, 1.807) is 0 Å². The third-order valence-corrected chi connectivity index (χ3v) is 0.552. The lowest BCUT2D eigenvalue weighted by atomic mass is 10.5. The highest BCUT2D eigenvalue weighted by Gasteiger charge is 1.96. The third kappa shape index (κ3) is 3.22. The Morgan fingerprint density at radius 3 is 1.71 bits per heavy atom. The molecule has 1 heterocycles. The molecule has 1 aliphatic rings. The van der Waals surface area contributed by atoms with Crippen LogP contribution in [0.1, 0.15) is 6.42 Å². The number of rotatable bonds is 0. The summed E-state index contributed by atoms with van der Waals surface area (Å²) in [6, 6.07) is 0. The van der Waals surface area contributed by atoms with Crippen molar-refractivity contribution in [3.63, 3.8) is 0 Å². The molecule has 0 aromatic carbocycles. The van der Waals surface area contributed by atoms with E-state index in [0.717, 1.165) is 6.42 Å². The molecule has 4 heteroatoms. The standard InChI is InChI=1S/C3H6O3.HI/c1-2-4-6-5-3-1;/h1-3H2;1H. The van der Waals surface area contributed by atoms with Gasteiger partial charge in [0.2, 0.25) is 0 Å². The van der Waals surface area contributed by atoms with Crippen molar-refractivity contribution in [2.75, 3.05) is 13.2 Å². The Kier molecular flexibility index (Phi) is 5.18. The molecule has 0 N–H and O–H groups in total. The van der Waals surface area contributed by atoms with Gasteiger partial charge in [0.15, 0.2) is 0 Å². The topological polar surface area (TPSA) is 27.7 Å². The Morgan fingerprint density at radius 2 is 1.57 bits per heavy atom. The first kappa shape index (κ1) is 7.61. The summed E-state index contributed by atoms with van der Waals surface area (Å²) in [6.45, 7) is 1.31. The molecular weight excluding hydrogens is 211 g/mol. The van der Waals surface area contributed by atoms with Crippen molar-refractivity contribution in [1.29, 1.82) is 0 Å². The smallest absolute Gasteiger partial charge is 0.0877 e. The van der Waals surface area contributed by atoms with Crippen LogP contribution in [0.5, 0.6) is 0 Å². The summed E-state index contributed by atoms with van der Waals surface area (Å²) < 4.78 is 0. The molecule has 0 radical (unpaired) electrons. The van der Waals surface area contributed by atoms with Gasteiger partial charge in [-0.1, -0.05) is 5.04 Å². The van der Waals surface area contributed by atoms with Gasteiger partial charge in [-0.3, -0.25) is 0 Å². The van der Waals surface area contributed by atoms with Gasteiger partial charge >= 0.3 is 0 Å². The summed E-state index contributed by atoms with van der Waals surface area (Å²) in [6.07, 6.45) is 0.931. The van der Waals surface area contributed by atoms with Crippen molar-refractivity contribution in [3.05, 3.63) is 0 Å². The molecule has 0 bridgehead atoms. The van der Waals surface area contributed by atoms with Crippen molar-refractivity contribution in [1.82, 2.24) is 0 Å². The van der Waals surface area contributed by atoms with E-state index in [0.29, 0.717) is 13.2 Å². The van der Waals surface area contributed by atoms with E-state index in [2.05, 4.69) is 14.8 Å². The molecule has 0 aromatic heterocycles. The molecule has 3 nitrogen and oxygen atoms in total. The van der Waals surface area contributed by atoms with Gasteiger partial charge in [-0.15, -0.1) is 24.0 Å². The first-order valence-electron chi connectivity index (χ1n) is 1.91. The quantitative estimate of drug-likeness (QED) is 0.446. The van der Waals surface area contributed by atoms with Gasteiger partial charge in [0.25, 0.3) is 0 Å². The van der Waals surface area contributed by atoms with Crippen LogP contribution in [0.25, 0.3) is 0 Å². The summed E-state index contributed by atoms with van der Waals surface area (Å²) >= 11 is 0. The zero-order valence-corrected chi connectivity index (χ0v) is 6.08. The molecule has 1 rings (SSSR count). The van der Waals surface area contributed by atoms with E-state index in [-0.39, 0.29) is 24.0 Å². The monoisotopic (exact) mass is 218 g/mol. The fraction of sp³-hybridized carbons (Fsp3) is 1.00. The van der Waals surface area contributed by atoms with Crippen molar-refractivity contribution in [2.45, 2.75) is 6.42 Å². The van der Waals surface area contributed by atoms with Crippen LogP contribution in [0.2, 0.25) is 0 Å². The predicted octanol–water partition coefficient (Wildman–Crippen LogP) is 0.888. The third-order valence-electron chi connectivity index (χ3n) is 0.552. The fourth-order valence-corrected chi connectivity index (χ4v) is 0.279. The summed E-state index contributed by atoms with van der Waals surface area (Å²) in [7, 11) is 0. The van der Waals surface area contributed by atoms with Gasteiger partial charge in [-0.05, 0) is 0 Å². The molecule has 0 spiro atoms. The van der Waals surface area contributed by atoms with E-state index in [1.807, 2.05) is 0 Å². The second kappa shape index (κ2) is 4.76. The molecule has 44 valence electrons. The minimum atomic E-state index is 0. The largest absolute Gasteiger partial charge is 0.206 e. The predicted molar refractivity (Wildman–Crippen MR) is 33.0 cm³/mol. The average Bonchev–Trinajstić information content (AvgIpc) is 1.72. The lowest BCUT2D eigenvalue weighted by Gasteiger charge is -2.06. The molecule has 0 amide bonds. The summed E-state index contributed by atoms with van der Waals surface area (Å²) in [5.74, 6) is 0. The lowest BCUT2D eigenvalue weighted by Crippen LogP contribution is -2.08. The highest BCUT2D eigenvalue weighted by Crippen LogP contribution is 1.93. The van der Waals surface area contributed by atoms with Crippen LogP contribution in [0.4, 0.5) is 0 Å². The zero-order chi connectivity index (χ0) is 4.24. The van der Waals surface area contributed by atoms with Crippen molar-refractivity contribution >= 4 is 24.0 Å². The van der Waals surface area contributed by atoms with Crippen molar-refractivity contribution in [2.24, 2.45) is 0 Å².